The SMILES string of the molecule is CCC(CSC)N(C)c1ncc(Br)cc1N. The van der Waals surface area contributed by atoms with Gasteiger partial charge in [-0.2, -0.15) is 11.8 Å². The molecule has 0 spiro atoms. The molecule has 0 fully saturated rings. The molecule has 1 unspecified atom stereocenters. The molecule has 0 saturated carbocycles. The maximum absolute atomic E-state index is 5.97. The first-order chi connectivity index (χ1) is 7.60. The Morgan fingerprint density at radius 3 is 2.81 bits per heavy atom. The summed E-state index contributed by atoms with van der Waals surface area (Å²) in [7, 11) is 2.05. The zero-order chi connectivity index (χ0) is 12.1. The molecule has 5 heteroatoms. The summed E-state index contributed by atoms with van der Waals surface area (Å²) in [5.41, 5.74) is 6.69. The molecule has 2 N–H and O–H groups in total. The Bertz CT molecular complexity index is 346. The fourth-order valence-electron chi connectivity index (χ4n) is 1.61. The molecular weight excluding hydrogens is 286 g/mol. The molecule has 0 amide bonds. The molecule has 3 nitrogen and oxygen atoms in total. The van der Waals surface area contributed by atoms with E-state index in [4.69, 9.17) is 5.73 Å². The minimum atomic E-state index is 0.478. The van der Waals surface area contributed by atoms with Crippen LogP contribution in [0, 0.1) is 0 Å². The summed E-state index contributed by atoms with van der Waals surface area (Å²) in [6.07, 6.45) is 5.00. The summed E-state index contributed by atoms with van der Waals surface area (Å²) >= 11 is 5.21. The Labute approximate surface area is 110 Å². The van der Waals surface area contributed by atoms with E-state index in [1.165, 1.54) is 0 Å². The highest BCUT2D eigenvalue weighted by molar-refractivity contribution is 9.10. The first-order valence-electron chi connectivity index (χ1n) is 5.23. The van der Waals surface area contributed by atoms with Crippen molar-refractivity contribution in [3.05, 3.63) is 16.7 Å². The van der Waals surface area contributed by atoms with Crippen molar-refractivity contribution in [2.75, 3.05) is 29.7 Å². The summed E-state index contributed by atoms with van der Waals surface area (Å²) < 4.78 is 0.917. The second-order valence-corrected chi connectivity index (χ2v) is 5.52. The number of hydrogen-bond acceptors (Lipinski definition) is 4. The molecule has 0 aliphatic heterocycles. The number of hydrogen-bond donors (Lipinski definition) is 1. The quantitative estimate of drug-likeness (QED) is 0.908. The molecule has 1 atom stereocenters. The van der Waals surface area contributed by atoms with E-state index in [-0.39, 0.29) is 0 Å². The van der Waals surface area contributed by atoms with Gasteiger partial charge in [0.2, 0.25) is 0 Å². The van der Waals surface area contributed by atoms with Gasteiger partial charge < -0.3 is 10.6 Å². The van der Waals surface area contributed by atoms with Crippen LogP contribution in [0.4, 0.5) is 11.5 Å². The molecule has 16 heavy (non-hydrogen) atoms. The monoisotopic (exact) mass is 303 g/mol. The molecule has 0 aromatic carbocycles. The molecule has 0 radical (unpaired) electrons. The van der Waals surface area contributed by atoms with Gasteiger partial charge in [0.25, 0.3) is 0 Å². The van der Waals surface area contributed by atoms with Crippen LogP contribution in [0.3, 0.4) is 0 Å². The Morgan fingerprint density at radius 2 is 2.31 bits per heavy atom. The van der Waals surface area contributed by atoms with Crippen molar-refractivity contribution in [3.8, 4) is 0 Å². The minimum absolute atomic E-state index is 0.478. The number of aromatic nitrogens is 1. The molecule has 0 aliphatic carbocycles. The topological polar surface area (TPSA) is 42.2 Å². The molecular formula is C11H18BrN3S. The summed E-state index contributed by atoms with van der Waals surface area (Å²) in [5, 5.41) is 0. The number of thioether (sulfide) groups is 1. The van der Waals surface area contributed by atoms with Crippen molar-refractivity contribution in [1.82, 2.24) is 4.98 Å². The lowest BCUT2D eigenvalue weighted by Crippen LogP contribution is -2.34. The number of nitrogens with zero attached hydrogens (tertiary/aromatic N) is 2. The third kappa shape index (κ3) is 3.28. The van der Waals surface area contributed by atoms with Gasteiger partial charge in [-0.15, -0.1) is 0 Å². The van der Waals surface area contributed by atoms with Crippen LogP contribution >= 0.6 is 27.7 Å². The highest BCUT2D eigenvalue weighted by atomic mass is 79.9. The average Bonchev–Trinajstić information content (AvgIpc) is 2.25. The first-order valence-corrected chi connectivity index (χ1v) is 7.41. The number of rotatable bonds is 5. The number of halogens is 1. The van der Waals surface area contributed by atoms with Gasteiger partial charge in [0, 0.05) is 29.5 Å². The van der Waals surface area contributed by atoms with E-state index < -0.39 is 0 Å². The normalized spacial score (nSPS) is 12.5. The van der Waals surface area contributed by atoms with E-state index in [1.807, 2.05) is 17.8 Å². The molecule has 0 saturated heterocycles. The molecule has 0 aliphatic rings. The molecule has 0 bridgehead atoms. The van der Waals surface area contributed by atoms with Gasteiger partial charge in [0.15, 0.2) is 5.82 Å². The zero-order valence-corrected chi connectivity index (χ0v) is 12.3. The average molecular weight is 304 g/mol. The van der Waals surface area contributed by atoms with Gasteiger partial charge in [-0.1, -0.05) is 6.92 Å². The Morgan fingerprint density at radius 1 is 1.62 bits per heavy atom. The van der Waals surface area contributed by atoms with Crippen LogP contribution in [0.2, 0.25) is 0 Å². The van der Waals surface area contributed by atoms with E-state index in [2.05, 4.69) is 46.0 Å². The highest BCUT2D eigenvalue weighted by Gasteiger charge is 2.16. The van der Waals surface area contributed by atoms with Gasteiger partial charge >= 0.3 is 0 Å². The zero-order valence-electron chi connectivity index (χ0n) is 9.90. The lowest BCUT2D eigenvalue weighted by molar-refractivity contribution is 0.667. The number of anilines is 2. The highest BCUT2D eigenvalue weighted by Crippen LogP contribution is 2.25. The van der Waals surface area contributed by atoms with E-state index >= 15 is 0 Å². The fourth-order valence-corrected chi connectivity index (χ4v) is 2.80. The molecule has 1 rings (SSSR count). The first kappa shape index (κ1) is 13.6. The van der Waals surface area contributed by atoms with E-state index in [1.54, 1.807) is 6.20 Å². The Balaban J connectivity index is 2.89. The van der Waals surface area contributed by atoms with Crippen molar-refractivity contribution in [1.29, 1.82) is 0 Å². The summed E-state index contributed by atoms with van der Waals surface area (Å²) in [6, 6.07) is 2.37. The third-order valence-corrected chi connectivity index (χ3v) is 3.73. The van der Waals surface area contributed by atoms with Gasteiger partial charge in [-0.05, 0) is 34.7 Å². The lowest BCUT2D eigenvalue weighted by Gasteiger charge is -2.28. The van der Waals surface area contributed by atoms with Gasteiger partial charge in [0.05, 0.1) is 5.69 Å². The second kappa shape index (κ2) is 6.35. The predicted molar refractivity (Wildman–Crippen MR) is 77.2 cm³/mol. The van der Waals surface area contributed by atoms with E-state index in [0.717, 1.165) is 28.2 Å². The number of pyridine rings is 1. The molecule has 1 aromatic heterocycles. The van der Waals surface area contributed by atoms with Crippen LogP contribution in [0.25, 0.3) is 0 Å². The largest absolute Gasteiger partial charge is 0.396 e. The van der Waals surface area contributed by atoms with Crippen LogP contribution in [-0.4, -0.2) is 30.1 Å². The van der Waals surface area contributed by atoms with Gasteiger partial charge in [-0.25, -0.2) is 4.98 Å². The Kier molecular flexibility index (Phi) is 5.41. The Hall–Kier alpha value is -0.420. The predicted octanol–water partition coefficient (Wildman–Crippen LogP) is 3.00. The van der Waals surface area contributed by atoms with Crippen molar-refractivity contribution >= 4 is 39.2 Å². The maximum Gasteiger partial charge on any atom is 0.151 e. The van der Waals surface area contributed by atoms with Crippen molar-refractivity contribution in [2.45, 2.75) is 19.4 Å². The van der Waals surface area contributed by atoms with Crippen LogP contribution in [0.15, 0.2) is 16.7 Å². The van der Waals surface area contributed by atoms with Crippen molar-refractivity contribution in [3.63, 3.8) is 0 Å². The second-order valence-electron chi connectivity index (χ2n) is 3.69. The molecule has 1 heterocycles. The molecule has 1 aromatic rings. The summed E-state index contributed by atoms with van der Waals surface area (Å²) in [6.45, 7) is 2.19. The third-order valence-electron chi connectivity index (χ3n) is 2.57. The fraction of sp³-hybridized carbons (Fsp3) is 0.545. The number of nitrogens with two attached hydrogens (primary N) is 1. The maximum atomic E-state index is 5.97. The van der Waals surface area contributed by atoms with Crippen LogP contribution < -0.4 is 10.6 Å². The van der Waals surface area contributed by atoms with Crippen LogP contribution in [0.5, 0.6) is 0 Å². The van der Waals surface area contributed by atoms with E-state index in [9.17, 15) is 0 Å². The summed E-state index contributed by atoms with van der Waals surface area (Å²) in [5.74, 6) is 1.95. The van der Waals surface area contributed by atoms with Crippen molar-refractivity contribution < 1.29 is 0 Å². The lowest BCUT2D eigenvalue weighted by atomic mass is 10.2. The van der Waals surface area contributed by atoms with Crippen LogP contribution in [0.1, 0.15) is 13.3 Å². The van der Waals surface area contributed by atoms with Crippen LogP contribution in [-0.2, 0) is 0 Å². The van der Waals surface area contributed by atoms with Gasteiger partial charge in [-0.3, -0.25) is 0 Å². The summed E-state index contributed by atoms with van der Waals surface area (Å²) in [4.78, 5) is 6.54. The smallest absolute Gasteiger partial charge is 0.151 e. The number of nitrogen functional groups attached to an aromatic ring is 1. The van der Waals surface area contributed by atoms with Crippen molar-refractivity contribution in [2.24, 2.45) is 0 Å². The minimum Gasteiger partial charge on any atom is -0.396 e. The van der Waals surface area contributed by atoms with E-state index in [0.29, 0.717) is 6.04 Å². The molecule has 90 valence electrons. The standard InChI is InChI=1S/C11H18BrN3S/c1-4-9(7-16-3)15(2)11-10(13)5-8(12)6-14-11/h5-6,9H,4,7,13H2,1-3H3. The van der Waals surface area contributed by atoms with Gasteiger partial charge in [0.1, 0.15) is 0 Å².